The first-order valence-electron chi connectivity index (χ1n) is 11.2. The molecule has 0 fully saturated rings. The average molecular weight is 490 g/mol. The van der Waals surface area contributed by atoms with Gasteiger partial charge in [0.15, 0.2) is 5.82 Å². The highest BCUT2D eigenvalue weighted by Crippen LogP contribution is 2.38. The molecule has 1 aliphatic rings. The molecular formula is C26H24FN5O2S. The van der Waals surface area contributed by atoms with Gasteiger partial charge in [0.05, 0.1) is 6.04 Å². The number of ether oxygens (including phenoxy) is 1. The topological polar surface area (TPSA) is 81.1 Å². The highest BCUT2D eigenvalue weighted by molar-refractivity contribution is 8.00. The molecule has 0 aliphatic carbocycles. The van der Waals surface area contributed by atoms with Crippen LogP contribution in [0.2, 0.25) is 0 Å². The van der Waals surface area contributed by atoms with Gasteiger partial charge in [-0.1, -0.05) is 48.2 Å². The summed E-state index contributed by atoms with van der Waals surface area (Å²) >= 11 is 1.31. The number of nitrogens with one attached hydrogen (secondary N) is 2. The maximum absolute atomic E-state index is 13.6. The number of aromatic nitrogens is 3. The minimum absolute atomic E-state index is 0.182. The van der Waals surface area contributed by atoms with E-state index in [1.165, 1.54) is 23.9 Å². The number of thioether (sulfide) groups is 1. The second-order valence-corrected chi connectivity index (χ2v) is 9.51. The molecule has 0 bridgehead atoms. The normalized spacial score (nSPS) is 16.8. The second-order valence-electron chi connectivity index (χ2n) is 8.40. The van der Waals surface area contributed by atoms with Gasteiger partial charge in [0, 0.05) is 5.69 Å². The van der Waals surface area contributed by atoms with Crippen LogP contribution in [-0.4, -0.2) is 26.0 Å². The van der Waals surface area contributed by atoms with Crippen LogP contribution in [-0.2, 0) is 11.4 Å². The maximum Gasteiger partial charge on any atom is 0.240 e. The second kappa shape index (κ2) is 9.79. The van der Waals surface area contributed by atoms with Crippen molar-refractivity contribution < 1.29 is 13.9 Å². The number of halogens is 1. The Morgan fingerprint density at radius 2 is 1.77 bits per heavy atom. The SMILES string of the molecule is Cc1cc(C)cc(NC(=O)C2Sc3nnc(COc4ccccc4)n3NC2c2ccc(F)cc2)c1. The molecule has 9 heteroatoms. The highest BCUT2D eigenvalue weighted by atomic mass is 32.2. The van der Waals surface area contributed by atoms with Gasteiger partial charge >= 0.3 is 0 Å². The van der Waals surface area contributed by atoms with E-state index < -0.39 is 11.3 Å². The smallest absolute Gasteiger partial charge is 0.240 e. The molecule has 5 rings (SSSR count). The van der Waals surface area contributed by atoms with Crippen molar-refractivity contribution in [1.29, 1.82) is 0 Å². The third kappa shape index (κ3) is 5.14. The van der Waals surface area contributed by atoms with Gasteiger partial charge in [-0.25, -0.2) is 9.07 Å². The molecule has 178 valence electrons. The zero-order valence-electron chi connectivity index (χ0n) is 19.2. The summed E-state index contributed by atoms with van der Waals surface area (Å²) in [5.74, 6) is 0.763. The quantitative estimate of drug-likeness (QED) is 0.396. The first kappa shape index (κ1) is 22.9. The summed E-state index contributed by atoms with van der Waals surface area (Å²) in [6.45, 7) is 4.17. The number of hydrogen-bond donors (Lipinski definition) is 2. The van der Waals surface area contributed by atoms with E-state index in [9.17, 15) is 9.18 Å². The zero-order valence-corrected chi connectivity index (χ0v) is 20.1. The molecule has 0 saturated carbocycles. The Morgan fingerprint density at radius 1 is 1.06 bits per heavy atom. The number of hydrogen-bond acceptors (Lipinski definition) is 6. The Labute approximate surface area is 206 Å². The lowest BCUT2D eigenvalue weighted by atomic mass is 10.0. The number of para-hydroxylation sites is 1. The van der Waals surface area contributed by atoms with E-state index in [0.717, 1.165) is 22.4 Å². The lowest BCUT2D eigenvalue weighted by molar-refractivity contribution is -0.116. The number of aryl methyl sites for hydroxylation is 2. The number of benzene rings is 3. The van der Waals surface area contributed by atoms with Gasteiger partial charge in [-0.05, 0) is 66.9 Å². The van der Waals surface area contributed by atoms with Crippen LogP contribution in [0.25, 0.3) is 0 Å². The van der Waals surface area contributed by atoms with Crippen molar-refractivity contribution in [2.75, 3.05) is 10.7 Å². The number of anilines is 1. The van der Waals surface area contributed by atoms with Crippen LogP contribution in [0, 0.1) is 19.7 Å². The van der Waals surface area contributed by atoms with E-state index in [2.05, 4.69) is 27.0 Å². The molecule has 0 saturated heterocycles. The number of nitrogens with zero attached hydrogens (tertiary/aromatic N) is 3. The van der Waals surface area contributed by atoms with Gasteiger partial charge in [-0.3, -0.25) is 4.79 Å². The van der Waals surface area contributed by atoms with Crippen LogP contribution in [0.3, 0.4) is 0 Å². The molecule has 1 aromatic heterocycles. The van der Waals surface area contributed by atoms with Crippen molar-refractivity contribution >= 4 is 23.4 Å². The van der Waals surface area contributed by atoms with Gasteiger partial charge in [0.2, 0.25) is 11.1 Å². The van der Waals surface area contributed by atoms with Crippen LogP contribution in [0.5, 0.6) is 5.75 Å². The highest BCUT2D eigenvalue weighted by Gasteiger charge is 2.38. The molecule has 1 aliphatic heterocycles. The summed E-state index contributed by atoms with van der Waals surface area (Å²) in [7, 11) is 0. The Bertz CT molecular complexity index is 1320. The van der Waals surface area contributed by atoms with Crippen LogP contribution in [0.1, 0.15) is 28.6 Å². The van der Waals surface area contributed by atoms with Crippen LogP contribution in [0.15, 0.2) is 78.0 Å². The molecule has 0 radical (unpaired) electrons. The number of rotatable bonds is 6. The first-order chi connectivity index (χ1) is 17.0. The van der Waals surface area contributed by atoms with Gasteiger partial charge in [-0.2, -0.15) is 0 Å². The Morgan fingerprint density at radius 3 is 2.49 bits per heavy atom. The average Bonchev–Trinajstić information content (AvgIpc) is 3.24. The summed E-state index contributed by atoms with van der Waals surface area (Å²) in [4.78, 5) is 13.4. The summed E-state index contributed by atoms with van der Waals surface area (Å²) < 4.78 is 21.2. The minimum atomic E-state index is -0.569. The Hall–Kier alpha value is -3.85. The number of carbonyl (C=O) groups is 1. The Balaban J connectivity index is 1.42. The lowest BCUT2D eigenvalue weighted by Gasteiger charge is -2.33. The van der Waals surface area contributed by atoms with Gasteiger partial charge in [0.1, 0.15) is 23.4 Å². The van der Waals surface area contributed by atoms with Crippen molar-refractivity contribution in [3.8, 4) is 5.75 Å². The molecule has 2 atom stereocenters. The molecule has 1 amide bonds. The molecule has 7 nitrogen and oxygen atoms in total. The van der Waals surface area contributed by atoms with E-state index >= 15 is 0 Å². The summed E-state index contributed by atoms with van der Waals surface area (Å²) in [5, 5.41) is 11.6. The summed E-state index contributed by atoms with van der Waals surface area (Å²) in [5.41, 5.74) is 6.99. The van der Waals surface area contributed by atoms with Crippen LogP contribution < -0.4 is 15.5 Å². The lowest BCUT2D eigenvalue weighted by Crippen LogP contribution is -2.41. The van der Waals surface area contributed by atoms with E-state index in [1.54, 1.807) is 16.8 Å². The third-order valence-electron chi connectivity index (χ3n) is 5.59. The van der Waals surface area contributed by atoms with E-state index in [0.29, 0.717) is 16.7 Å². The van der Waals surface area contributed by atoms with Crippen molar-refractivity contribution in [2.45, 2.75) is 36.9 Å². The van der Waals surface area contributed by atoms with Crippen LogP contribution in [0.4, 0.5) is 10.1 Å². The molecule has 35 heavy (non-hydrogen) atoms. The van der Waals surface area contributed by atoms with E-state index in [1.807, 2.05) is 56.3 Å². The fourth-order valence-electron chi connectivity index (χ4n) is 4.04. The van der Waals surface area contributed by atoms with Gasteiger partial charge < -0.3 is 15.5 Å². The predicted molar refractivity (Wildman–Crippen MR) is 133 cm³/mol. The van der Waals surface area contributed by atoms with Gasteiger partial charge in [-0.15, -0.1) is 10.2 Å². The molecule has 0 spiro atoms. The fraction of sp³-hybridized carbons (Fsp3) is 0.192. The largest absolute Gasteiger partial charge is 0.486 e. The fourth-order valence-corrected chi connectivity index (χ4v) is 5.14. The minimum Gasteiger partial charge on any atom is -0.486 e. The molecule has 3 aromatic carbocycles. The van der Waals surface area contributed by atoms with Crippen molar-refractivity contribution in [3.63, 3.8) is 0 Å². The van der Waals surface area contributed by atoms with E-state index in [4.69, 9.17) is 4.74 Å². The third-order valence-corrected chi connectivity index (χ3v) is 6.81. The molecule has 2 N–H and O–H groups in total. The molecular weight excluding hydrogens is 465 g/mol. The van der Waals surface area contributed by atoms with Crippen molar-refractivity contribution in [3.05, 3.63) is 101 Å². The molecule has 2 heterocycles. The van der Waals surface area contributed by atoms with Crippen molar-refractivity contribution in [2.24, 2.45) is 0 Å². The monoisotopic (exact) mass is 489 g/mol. The number of carbonyl (C=O) groups excluding carboxylic acids is 1. The zero-order chi connectivity index (χ0) is 24.4. The predicted octanol–water partition coefficient (Wildman–Crippen LogP) is 5.01. The maximum atomic E-state index is 13.6. The number of amides is 1. The standard InChI is InChI=1S/C26H24FN5O2S/c1-16-12-17(2)14-20(13-16)28-25(33)24-23(18-8-10-19(27)11-9-18)31-32-22(29-30-26(32)35-24)15-34-21-6-4-3-5-7-21/h3-14,23-24,31H,15H2,1-2H3,(H,28,33). The summed E-state index contributed by atoms with van der Waals surface area (Å²) in [6.07, 6.45) is 0. The first-order valence-corrected chi connectivity index (χ1v) is 12.0. The molecule has 4 aromatic rings. The molecule has 2 unspecified atom stereocenters. The van der Waals surface area contributed by atoms with E-state index in [-0.39, 0.29) is 18.3 Å². The van der Waals surface area contributed by atoms with Gasteiger partial charge in [0.25, 0.3) is 0 Å². The Kier molecular flexibility index (Phi) is 6.41. The van der Waals surface area contributed by atoms with Crippen LogP contribution >= 0.6 is 11.8 Å². The number of fused-ring (bicyclic) bond motifs is 1. The summed E-state index contributed by atoms with van der Waals surface area (Å²) in [6, 6.07) is 21.0. The van der Waals surface area contributed by atoms with Crippen molar-refractivity contribution in [1.82, 2.24) is 14.9 Å².